The Bertz CT molecular complexity index is 1360. The molecule has 9 heteroatoms. The van der Waals surface area contributed by atoms with Crippen LogP contribution >= 0.6 is 0 Å². The van der Waals surface area contributed by atoms with Crippen LogP contribution in [0.5, 0.6) is 0 Å². The number of rotatable bonds is 6. The summed E-state index contributed by atoms with van der Waals surface area (Å²) in [4.78, 5) is 22.0. The summed E-state index contributed by atoms with van der Waals surface area (Å²) in [6.07, 6.45) is 6.92. The summed E-state index contributed by atoms with van der Waals surface area (Å²) in [6, 6.07) is 8.58. The van der Waals surface area contributed by atoms with Crippen molar-refractivity contribution in [3.05, 3.63) is 52.4 Å². The molecule has 0 atom stereocenters. The van der Waals surface area contributed by atoms with Crippen molar-refractivity contribution in [3.63, 3.8) is 0 Å². The van der Waals surface area contributed by atoms with Crippen LogP contribution in [0.4, 0.5) is 11.6 Å². The third-order valence-electron chi connectivity index (χ3n) is 6.94. The molecule has 0 unspecified atom stereocenters. The lowest BCUT2D eigenvalue weighted by atomic mass is 10.0. The molecule has 1 saturated heterocycles. The number of nitrogens with one attached hydrogen (secondary N) is 1. The molecule has 33 heavy (non-hydrogen) atoms. The van der Waals surface area contributed by atoms with E-state index >= 15 is 0 Å². The summed E-state index contributed by atoms with van der Waals surface area (Å²) in [5.74, 6) is 0.834. The molecule has 2 aliphatic rings. The number of fused-ring (bicyclic) bond motifs is 1. The van der Waals surface area contributed by atoms with E-state index in [2.05, 4.69) is 22.2 Å². The molecule has 3 aromatic rings. The highest BCUT2D eigenvalue weighted by atomic mass is 32.2. The van der Waals surface area contributed by atoms with Gasteiger partial charge in [-0.1, -0.05) is 26.2 Å². The number of anilines is 2. The largest absolute Gasteiger partial charge is 0.324 e. The molecule has 1 saturated carbocycles. The third kappa shape index (κ3) is 4.04. The first-order valence-electron chi connectivity index (χ1n) is 11.6. The predicted molar refractivity (Wildman–Crippen MR) is 130 cm³/mol. The van der Waals surface area contributed by atoms with Crippen LogP contribution in [0.2, 0.25) is 0 Å². The zero-order valence-corrected chi connectivity index (χ0v) is 19.8. The number of aryl methyl sites for hydroxylation is 1. The van der Waals surface area contributed by atoms with Crippen LogP contribution in [-0.4, -0.2) is 40.3 Å². The van der Waals surface area contributed by atoms with Gasteiger partial charge in [-0.2, -0.15) is 9.29 Å². The van der Waals surface area contributed by atoms with Gasteiger partial charge in [-0.25, -0.2) is 13.4 Å². The summed E-state index contributed by atoms with van der Waals surface area (Å²) < 4.78 is 29.1. The lowest BCUT2D eigenvalue weighted by Crippen LogP contribution is -2.49. The molecule has 0 amide bonds. The molecular weight excluding hydrogens is 438 g/mol. The van der Waals surface area contributed by atoms with E-state index in [4.69, 9.17) is 0 Å². The molecule has 0 spiro atoms. The van der Waals surface area contributed by atoms with Crippen molar-refractivity contribution < 1.29 is 9.84 Å². The molecule has 8 nitrogen and oxygen atoms in total. The van der Waals surface area contributed by atoms with Crippen molar-refractivity contribution in [2.24, 2.45) is 5.92 Å². The number of nitrogens with zero attached hydrogens (tertiary/aromatic N) is 4. The molecule has 1 aliphatic carbocycles. The Hall–Kier alpha value is -2.78. The van der Waals surface area contributed by atoms with Crippen LogP contribution in [0.15, 0.2) is 46.2 Å². The van der Waals surface area contributed by atoms with Gasteiger partial charge in [0.1, 0.15) is 5.65 Å². The van der Waals surface area contributed by atoms with Crippen molar-refractivity contribution in [2.45, 2.75) is 56.9 Å². The van der Waals surface area contributed by atoms with Gasteiger partial charge >= 0.3 is 0 Å². The Kier molecular flexibility index (Phi) is 5.70. The summed E-state index contributed by atoms with van der Waals surface area (Å²) in [7, 11) is -3.47. The highest BCUT2D eigenvalue weighted by Crippen LogP contribution is 2.31. The Labute approximate surface area is 195 Å². The lowest BCUT2D eigenvalue weighted by Gasteiger charge is -2.37. The second-order valence-corrected chi connectivity index (χ2v) is 11.1. The Morgan fingerprint density at radius 2 is 1.91 bits per heavy atom. The fourth-order valence-electron chi connectivity index (χ4n) is 4.80. The molecule has 1 aromatic carbocycles. The molecule has 1 aliphatic heterocycles. The first kappa shape index (κ1) is 22.0. The Morgan fingerprint density at radius 3 is 2.61 bits per heavy atom. The van der Waals surface area contributed by atoms with Crippen molar-refractivity contribution in [1.29, 1.82) is 0 Å². The van der Waals surface area contributed by atoms with Crippen LogP contribution in [-0.2, 0) is 10.0 Å². The monoisotopic (exact) mass is 469 g/mol. The van der Waals surface area contributed by atoms with E-state index in [-0.39, 0.29) is 13.0 Å². The van der Waals surface area contributed by atoms with Crippen molar-refractivity contribution in [1.82, 2.24) is 18.8 Å². The Balaban J connectivity index is 0.00000274. The maximum atomic E-state index is 12.9. The van der Waals surface area contributed by atoms with Crippen molar-refractivity contribution >= 4 is 32.7 Å². The van der Waals surface area contributed by atoms with Gasteiger partial charge in [0.05, 0.1) is 4.90 Å². The maximum absolute atomic E-state index is 12.9. The number of pyridine rings is 1. The normalized spacial score (nSPS) is 18.0. The SMILES string of the molecule is CCC1CN(S(=O)(=O)c2ccc(Nc3ncc4ccc(=O)n(C5CCCC5)c4n3)c(C)c2)C1.[HH]. The number of aromatic nitrogens is 3. The van der Waals surface area contributed by atoms with Crippen LogP contribution in [0.3, 0.4) is 0 Å². The summed E-state index contributed by atoms with van der Waals surface area (Å²) in [5, 5.41) is 4.03. The molecular formula is C24H31N5O3S. The number of hydrogen-bond donors (Lipinski definition) is 1. The number of hydrogen-bond acceptors (Lipinski definition) is 6. The van der Waals surface area contributed by atoms with E-state index < -0.39 is 10.0 Å². The van der Waals surface area contributed by atoms with Gasteiger partial charge in [0, 0.05) is 43.9 Å². The van der Waals surface area contributed by atoms with Crippen LogP contribution in [0, 0.1) is 12.8 Å². The zero-order chi connectivity index (χ0) is 23.2. The highest BCUT2D eigenvalue weighted by Gasteiger charge is 2.35. The predicted octanol–water partition coefficient (Wildman–Crippen LogP) is 4.24. The number of benzene rings is 1. The second kappa shape index (κ2) is 8.53. The fraction of sp³-hybridized carbons (Fsp3) is 0.458. The minimum atomic E-state index is -3.47. The van der Waals surface area contributed by atoms with Crippen LogP contribution in [0.1, 0.15) is 52.1 Å². The van der Waals surface area contributed by atoms with Gasteiger partial charge in [0.2, 0.25) is 16.0 Å². The van der Waals surface area contributed by atoms with E-state index in [1.807, 2.05) is 6.92 Å². The standard InChI is InChI=1S/C24H29N5O3S.H2/c1-3-17-14-28(15-17)33(31,32)20-9-10-21(16(2)12-20)26-24-25-13-18-8-11-22(30)29(23(18)27-24)19-6-4-5-7-19;/h8-13,17,19H,3-7,14-15H2,1-2H3,(H,25,26,27);1H. The molecule has 0 bridgehead atoms. The van der Waals surface area contributed by atoms with Gasteiger partial charge < -0.3 is 5.32 Å². The van der Waals surface area contributed by atoms with E-state index in [0.29, 0.717) is 35.5 Å². The highest BCUT2D eigenvalue weighted by molar-refractivity contribution is 7.89. The lowest BCUT2D eigenvalue weighted by molar-refractivity contribution is 0.196. The van der Waals surface area contributed by atoms with Gasteiger partial charge in [0.15, 0.2) is 0 Å². The van der Waals surface area contributed by atoms with Gasteiger partial charge in [-0.05, 0) is 55.5 Å². The van der Waals surface area contributed by atoms with Crippen LogP contribution < -0.4 is 10.9 Å². The number of sulfonamides is 1. The fourth-order valence-corrected chi connectivity index (χ4v) is 6.48. The smallest absolute Gasteiger partial charge is 0.252 e. The van der Waals surface area contributed by atoms with Crippen LogP contribution in [0.25, 0.3) is 11.0 Å². The van der Waals surface area contributed by atoms with E-state index in [1.165, 1.54) is 4.31 Å². The molecule has 2 aromatic heterocycles. The minimum Gasteiger partial charge on any atom is -0.324 e. The van der Waals surface area contributed by atoms with Gasteiger partial charge in [0.25, 0.3) is 5.56 Å². The zero-order valence-electron chi connectivity index (χ0n) is 19.0. The molecule has 3 heterocycles. The quantitative estimate of drug-likeness (QED) is 0.580. The van der Waals surface area contributed by atoms with Gasteiger partial charge in [-0.15, -0.1) is 0 Å². The minimum absolute atomic E-state index is 0. The Morgan fingerprint density at radius 1 is 1.15 bits per heavy atom. The molecule has 0 radical (unpaired) electrons. The molecule has 1 N–H and O–H groups in total. The first-order valence-corrected chi connectivity index (χ1v) is 13.1. The summed E-state index contributed by atoms with van der Waals surface area (Å²) in [5.41, 5.74) is 2.11. The van der Waals surface area contributed by atoms with E-state index in [0.717, 1.165) is 48.7 Å². The average Bonchev–Trinajstić information content (AvgIpc) is 3.28. The van der Waals surface area contributed by atoms with Crippen molar-refractivity contribution in [3.8, 4) is 0 Å². The first-order chi connectivity index (χ1) is 15.9. The van der Waals surface area contributed by atoms with Crippen molar-refractivity contribution in [2.75, 3.05) is 18.4 Å². The molecule has 176 valence electrons. The topological polar surface area (TPSA) is 97.2 Å². The van der Waals surface area contributed by atoms with E-state index in [9.17, 15) is 13.2 Å². The third-order valence-corrected chi connectivity index (χ3v) is 8.77. The van der Waals surface area contributed by atoms with E-state index in [1.54, 1.807) is 41.1 Å². The average molecular weight is 470 g/mol. The molecule has 5 rings (SSSR count). The molecule has 2 fully saturated rings. The van der Waals surface area contributed by atoms with Gasteiger partial charge in [-0.3, -0.25) is 9.36 Å². The maximum Gasteiger partial charge on any atom is 0.252 e. The second-order valence-electron chi connectivity index (χ2n) is 9.15. The summed E-state index contributed by atoms with van der Waals surface area (Å²) in [6.45, 7) is 5.13. The summed E-state index contributed by atoms with van der Waals surface area (Å²) >= 11 is 0.